The smallest absolute Gasteiger partial charge is 0.307 e. The number of carboxylic acids is 1. The Bertz CT molecular complexity index is 354. The van der Waals surface area contributed by atoms with E-state index in [0.29, 0.717) is 5.56 Å². The van der Waals surface area contributed by atoms with Crippen LogP contribution in [-0.4, -0.2) is 11.1 Å². The quantitative estimate of drug-likeness (QED) is 0.784. The lowest BCUT2D eigenvalue weighted by Gasteiger charge is -2.04. The van der Waals surface area contributed by atoms with Crippen molar-refractivity contribution in [2.24, 2.45) is 0 Å². The molecule has 0 atom stereocenters. The van der Waals surface area contributed by atoms with Crippen molar-refractivity contribution >= 4 is 27.6 Å². The van der Waals surface area contributed by atoms with Crippen LogP contribution < -0.4 is 5.73 Å². The lowest BCUT2D eigenvalue weighted by Crippen LogP contribution is -2.04. The van der Waals surface area contributed by atoms with Crippen LogP contribution in [0.3, 0.4) is 0 Å². The number of hydrogen-bond donors (Lipinski definition) is 2. The van der Waals surface area contributed by atoms with Gasteiger partial charge >= 0.3 is 5.97 Å². The summed E-state index contributed by atoms with van der Waals surface area (Å²) in [6, 6.07) is 2.47. The first-order chi connectivity index (χ1) is 6.00. The molecule has 0 heterocycles. The molecule has 0 amide bonds. The molecule has 5 heteroatoms. The molecule has 0 radical (unpaired) electrons. The molecule has 0 aliphatic rings. The molecule has 0 bridgehead atoms. The van der Waals surface area contributed by atoms with Gasteiger partial charge in [-0.2, -0.15) is 0 Å². The highest BCUT2D eigenvalue weighted by Gasteiger charge is 2.08. The van der Waals surface area contributed by atoms with Crippen LogP contribution in [0.4, 0.5) is 10.1 Å². The number of halogens is 2. The Balaban J connectivity index is 3.08. The highest BCUT2D eigenvalue weighted by molar-refractivity contribution is 9.10. The standard InChI is InChI=1S/C8H7BrFNO2/c9-5-1-4(2-8(12)13)7(11)3-6(5)10/h1,3H,2,11H2,(H,12,13). The molecule has 1 aromatic carbocycles. The molecule has 0 unspecified atom stereocenters. The minimum atomic E-state index is -0.995. The molecule has 13 heavy (non-hydrogen) atoms. The lowest BCUT2D eigenvalue weighted by molar-refractivity contribution is -0.136. The van der Waals surface area contributed by atoms with Crippen molar-refractivity contribution in [2.75, 3.05) is 5.73 Å². The summed E-state index contributed by atoms with van der Waals surface area (Å²) >= 11 is 2.95. The highest BCUT2D eigenvalue weighted by Crippen LogP contribution is 2.22. The normalized spacial score (nSPS) is 10.0. The Kier molecular flexibility index (Phi) is 2.87. The molecule has 0 saturated heterocycles. The topological polar surface area (TPSA) is 63.3 Å². The van der Waals surface area contributed by atoms with Crippen molar-refractivity contribution in [1.29, 1.82) is 0 Å². The lowest BCUT2D eigenvalue weighted by atomic mass is 10.1. The largest absolute Gasteiger partial charge is 0.481 e. The number of hydrogen-bond acceptors (Lipinski definition) is 2. The van der Waals surface area contributed by atoms with E-state index in [0.717, 1.165) is 6.07 Å². The van der Waals surface area contributed by atoms with Gasteiger partial charge in [-0.05, 0) is 33.6 Å². The first kappa shape index (κ1) is 9.98. The van der Waals surface area contributed by atoms with E-state index >= 15 is 0 Å². The molecular weight excluding hydrogens is 241 g/mol. The highest BCUT2D eigenvalue weighted by atomic mass is 79.9. The maximum atomic E-state index is 12.8. The zero-order valence-electron chi connectivity index (χ0n) is 6.55. The molecule has 1 rings (SSSR count). The van der Waals surface area contributed by atoms with Crippen LogP contribution in [0.2, 0.25) is 0 Å². The molecule has 3 N–H and O–H groups in total. The van der Waals surface area contributed by atoms with Crippen molar-refractivity contribution in [3.63, 3.8) is 0 Å². The van der Waals surface area contributed by atoms with Gasteiger partial charge in [0.25, 0.3) is 0 Å². The van der Waals surface area contributed by atoms with Crippen molar-refractivity contribution in [2.45, 2.75) is 6.42 Å². The molecule has 0 aliphatic carbocycles. The Morgan fingerprint density at radius 2 is 2.23 bits per heavy atom. The Morgan fingerprint density at radius 1 is 1.62 bits per heavy atom. The Morgan fingerprint density at radius 3 is 2.77 bits per heavy atom. The number of rotatable bonds is 2. The minimum absolute atomic E-state index is 0.156. The van der Waals surface area contributed by atoms with E-state index in [1.807, 2.05) is 0 Å². The van der Waals surface area contributed by atoms with Crippen LogP contribution >= 0.6 is 15.9 Å². The van der Waals surface area contributed by atoms with E-state index < -0.39 is 11.8 Å². The third kappa shape index (κ3) is 2.42. The molecule has 0 spiro atoms. The summed E-state index contributed by atoms with van der Waals surface area (Å²) in [5, 5.41) is 8.49. The molecule has 3 nitrogen and oxygen atoms in total. The van der Waals surface area contributed by atoms with Crippen molar-refractivity contribution in [3.05, 3.63) is 28.0 Å². The molecule has 70 valence electrons. The molecule has 0 saturated carbocycles. The van der Waals surface area contributed by atoms with Crippen LogP contribution in [0.5, 0.6) is 0 Å². The second kappa shape index (κ2) is 3.74. The first-order valence-electron chi connectivity index (χ1n) is 3.46. The molecule has 0 aliphatic heterocycles. The van der Waals surface area contributed by atoms with E-state index in [4.69, 9.17) is 10.8 Å². The zero-order chi connectivity index (χ0) is 10.0. The molecule has 1 aromatic rings. The summed E-state index contributed by atoms with van der Waals surface area (Å²) in [6.07, 6.45) is -0.204. The number of benzene rings is 1. The maximum absolute atomic E-state index is 12.8. The first-order valence-corrected chi connectivity index (χ1v) is 4.25. The number of carboxylic acid groups (broad SMARTS) is 1. The summed E-state index contributed by atoms with van der Waals surface area (Å²) in [6.45, 7) is 0. The van der Waals surface area contributed by atoms with Gasteiger partial charge in [0.15, 0.2) is 0 Å². The van der Waals surface area contributed by atoms with Gasteiger partial charge in [-0.3, -0.25) is 4.79 Å². The van der Waals surface area contributed by atoms with E-state index in [-0.39, 0.29) is 16.6 Å². The monoisotopic (exact) mass is 247 g/mol. The van der Waals surface area contributed by atoms with E-state index in [1.165, 1.54) is 6.07 Å². The molecular formula is C8H7BrFNO2. The van der Waals surface area contributed by atoms with Crippen LogP contribution in [0.25, 0.3) is 0 Å². The number of nitrogens with two attached hydrogens (primary N) is 1. The summed E-state index contributed by atoms with van der Waals surface area (Å²) in [5.41, 5.74) is 5.97. The number of nitrogen functional groups attached to an aromatic ring is 1. The summed E-state index contributed by atoms with van der Waals surface area (Å²) < 4.78 is 13.0. The molecule has 0 fully saturated rings. The Hall–Kier alpha value is -1.10. The number of aliphatic carboxylic acids is 1. The summed E-state index contributed by atoms with van der Waals surface area (Å²) in [7, 11) is 0. The van der Waals surface area contributed by atoms with Gasteiger partial charge < -0.3 is 10.8 Å². The Labute approximate surface area is 82.5 Å². The van der Waals surface area contributed by atoms with Gasteiger partial charge in [-0.1, -0.05) is 0 Å². The van der Waals surface area contributed by atoms with Crippen molar-refractivity contribution in [1.82, 2.24) is 0 Å². The fraction of sp³-hybridized carbons (Fsp3) is 0.125. The average molecular weight is 248 g/mol. The predicted octanol–water partition coefficient (Wildman–Crippen LogP) is 1.80. The van der Waals surface area contributed by atoms with Gasteiger partial charge in [0.05, 0.1) is 10.9 Å². The van der Waals surface area contributed by atoms with E-state index in [9.17, 15) is 9.18 Å². The second-order valence-corrected chi connectivity index (χ2v) is 3.39. The van der Waals surface area contributed by atoms with Crippen molar-refractivity contribution in [3.8, 4) is 0 Å². The van der Waals surface area contributed by atoms with Gasteiger partial charge in [-0.25, -0.2) is 4.39 Å². The SMILES string of the molecule is Nc1cc(F)c(Br)cc1CC(=O)O. The molecule has 0 aromatic heterocycles. The van der Waals surface area contributed by atoms with Gasteiger partial charge in [0.2, 0.25) is 0 Å². The fourth-order valence-electron chi connectivity index (χ4n) is 0.919. The van der Waals surface area contributed by atoms with Crippen LogP contribution in [0, 0.1) is 5.82 Å². The van der Waals surface area contributed by atoms with Crippen LogP contribution in [0.15, 0.2) is 16.6 Å². The van der Waals surface area contributed by atoms with Crippen molar-refractivity contribution < 1.29 is 14.3 Å². The van der Waals surface area contributed by atoms with E-state index in [2.05, 4.69) is 15.9 Å². The zero-order valence-corrected chi connectivity index (χ0v) is 8.14. The third-order valence-corrected chi connectivity index (χ3v) is 2.13. The summed E-state index contributed by atoms with van der Waals surface area (Å²) in [5.74, 6) is -1.49. The van der Waals surface area contributed by atoms with Crippen LogP contribution in [-0.2, 0) is 11.2 Å². The van der Waals surface area contributed by atoms with Gasteiger partial charge in [0.1, 0.15) is 5.82 Å². The minimum Gasteiger partial charge on any atom is -0.481 e. The second-order valence-electron chi connectivity index (χ2n) is 2.54. The number of anilines is 1. The van der Waals surface area contributed by atoms with Gasteiger partial charge in [-0.15, -0.1) is 0 Å². The summed E-state index contributed by atoms with van der Waals surface area (Å²) in [4.78, 5) is 10.4. The van der Waals surface area contributed by atoms with Gasteiger partial charge in [0, 0.05) is 5.69 Å². The van der Waals surface area contributed by atoms with Crippen LogP contribution in [0.1, 0.15) is 5.56 Å². The number of carbonyl (C=O) groups is 1. The predicted molar refractivity (Wildman–Crippen MR) is 49.9 cm³/mol. The maximum Gasteiger partial charge on any atom is 0.307 e. The fourth-order valence-corrected chi connectivity index (χ4v) is 1.31. The average Bonchev–Trinajstić information content (AvgIpc) is 1.99. The van der Waals surface area contributed by atoms with E-state index in [1.54, 1.807) is 0 Å². The third-order valence-electron chi connectivity index (χ3n) is 1.52.